The van der Waals surface area contributed by atoms with E-state index in [0.717, 1.165) is 18.4 Å². The molecule has 1 saturated heterocycles. The third-order valence-corrected chi connectivity index (χ3v) is 3.34. The molecule has 1 aliphatic heterocycles. The van der Waals surface area contributed by atoms with E-state index in [9.17, 15) is 0 Å². The van der Waals surface area contributed by atoms with Crippen LogP contribution in [0.15, 0.2) is 0 Å². The van der Waals surface area contributed by atoms with Crippen molar-refractivity contribution in [3.05, 3.63) is 0 Å². The molecule has 2 heteroatoms. The largest absolute Gasteiger partial charge is 0.330 e. The Kier molecular flexibility index (Phi) is 4.74. The van der Waals surface area contributed by atoms with Crippen LogP contribution in [0.25, 0.3) is 0 Å². The Morgan fingerprint density at radius 2 is 2.23 bits per heavy atom. The second-order valence-corrected chi connectivity index (χ2v) is 4.57. The molecular weight excluding hydrogens is 160 g/mol. The molecule has 0 aromatic heterocycles. The fraction of sp³-hybridized carbons (Fsp3) is 1.00. The number of rotatable bonds is 3. The molecule has 0 amide bonds. The van der Waals surface area contributed by atoms with Crippen molar-refractivity contribution in [3.63, 3.8) is 0 Å². The minimum absolute atomic E-state index is 0.811. The van der Waals surface area contributed by atoms with Crippen LogP contribution in [0.1, 0.15) is 32.6 Å². The molecule has 1 fully saturated rings. The highest BCUT2D eigenvalue weighted by Gasteiger charge is 2.20. The van der Waals surface area contributed by atoms with Crippen molar-refractivity contribution in [1.82, 2.24) is 4.90 Å². The summed E-state index contributed by atoms with van der Waals surface area (Å²) in [5, 5.41) is 0. The molecule has 1 aliphatic rings. The van der Waals surface area contributed by atoms with E-state index in [1.807, 2.05) is 0 Å². The summed E-state index contributed by atoms with van der Waals surface area (Å²) < 4.78 is 0. The summed E-state index contributed by atoms with van der Waals surface area (Å²) in [5.41, 5.74) is 5.60. The van der Waals surface area contributed by atoms with Gasteiger partial charge in [-0.15, -0.1) is 0 Å². The molecule has 13 heavy (non-hydrogen) atoms. The van der Waals surface area contributed by atoms with Crippen LogP contribution in [-0.4, -0.2) is 31.6 Å². The highest BCUT2D eigenvalue weighted by Crippen LogP contribution is 2.24. The average molecular weight is 184 g/mol. The van der Waals surface area contributed by atoms with Crippen molar-refractivity contribution in [3.8, 4) is 0 Å². The van der Waals surface area contributed by atoms with Crippen LogP contribution in [0.4, 0.5) is 0 Å². The molecule has 0 saturated carbocycles. The molecule has 2 N–H and O–H groups in total. The fourth-order valence-corrected chi connectivity index (χ4v) is 2.33. The third-order valence-electron chi connectivity index (χ3n) is 3.34. The number of nitrogens with zero attached hydrogens (tertiary/aromatic N) is 1. The minimum atomic E-state index is 0.811. The smallest absolute Gasteiger partial charge is 0.000916 e. The van der Waals surface area contributed by atoms with E-state index in [1.165, 1.54) is 38.8 Å². The first-order valence-electron chi connectivity index (χ1n) is 5.62. The molecule has 78 valence electrons. The Bertz CT molecular complexity index is 136. The van der Waals surface area contributed by atoms with Gasteiger partial charge in [-0.2, -0.15) is 0 Å². The molecule has 0 aromatic carbocycles. The van der Waals surface area contributed by atoms with Gasteiger partial charge in [0.1, 0.15) is 0 Å². The van der Waals surface area contributed by atoms with Crippen molar-refractivity contribution in [2.24, 2.45) is 17.6 Å². The van der Waals surface area contributed by atoms with Crippen LogP contribution in [-0.2, 0) is 0 Å². The summed E-state index contributed by atoms with van der Waals surface area (Å²) in [5.74, 6) is 1.70. The van der Waals surface area contributed by atoms with Gasteiger partial charge in [-0.25, -0.2) is 0 Å². The van der Waals surface area contributed by atoms with Gasteiger partial charge in [-0.05, 0) is 51.2 Å². The van der Waals surface area contributed by atoms with Crippen molar-refractivity contribution in [2.45, 2.75) is 32.6 Å². The van der Waals surface area contributed by atoms with Gasteiger partial charge in [0.05, 0.1) is 0 Å². The summed E-state index contributed by atoms with van der Waals surface area (Å²) in [4.78, 5) is 2.48. The first-order chi connectivity index (χ1) is 6.24. The van der Waals surface area contributed by atoms with Gasteiger partial charge in [-0.3, -0.25) is 0 Å². The SMILES string of the molecule is CC(CCN)C1CCCCN(C)C1. The Hall–Kier alpha value is -0.0800. The first-order valence-corrected chi connectivity index (χ1v) is 5.62. The summed E-state index contributed by atoms with van der Waals surface area (Å²) >= 11 is 0. The van der Waals surface area contributed by atoms with Crippen LogP contribution >= 0.6 is 0 Å². The lowest BCUT2D eigenvalue weighted by molar-refractivity contribution is 0.239. The van der Waals surface area contributed by atoms with Gasteiger partial charge < -0.3 is 10.6 Å². The number of hydrogen-bond acceptors (Lipinski definition) is 2. The summed E-state index contributed by atoms with van der Waals surface area (Å²) in [6.07, 6.45) is 5.39. The van der Waals surface area contributed by atoms with E-state index in [-0.39, 0.29) is 0 Å². The molecule has 0 radical (unpaired) electrons. The molecular formula is C11H24N2. The average Bonchev–Trinajstić information content (AvgIpc) is 2.30. The van der Waals surface area contributed by atoms with Crippen molar-refractivity contribution in [1.29, 1.82) is 0 Å². The maximum atomic E-state index is 5.60. The Morgan fingerprint density at radius 1 is 1.46 bits per heavy atom. The lowest BCUT2D eigenvalue weighted by atomic mass is 9.87. The molecule has 0 aromatic rings. The summed E-state index contributed by atoms with van der Waals surface area (Å²) in [6.45, 7) is 5.77. The molecule has 0 bridgehead atoms. The molecule has 0 aliphatic carbocycles. The van der Waals surface area contributed by atoms with Crippen LogP contribution in [0.3, 0.4) is 0 Å². The van der Waals surface area contributed by atoms with E-state index >= 15 is 0 Å². The second kappa shape index (κ2) is 5.61. The Morgan fingerprint density at radius 3 is 2.92 bits per heavy atom. The molecule has 1 heterocycles. The maximum absolute atomic E-state index is 5.60. The zero-order valence-corrected chi connectivity index (χ0v) is 9.13. The predicted octanol–water partition coefficient (Wildman–Crippen LogP) is 1.70. The molecule has 0 spiro atoms. The monoisotopic (exact) mass is 184 g/mol. The Labute approximate surface area is 82.5 Å². The zero-order chi connectivity index (χ0) is 9.68. The number of nitrogens with two attached hydrogens (primary N) is 1. The van der Waals surface area contributed by atoms with Gasteiger partial charge in [0, 0.05) is 6.54 Å². The van der Waals surface area contributed by atoms with Gasteiger partial charge in [0.25, 0.3) is 0 Å². The molecule has 2 unspecified atom stereocenters. The van der Waals surface area contributed by atoms with E-state index in [1.54, 1.807) is 0 Å². The van der Waals surface area contributed by atoms with Crippen LogP contribution in [0.5, 0.6) is 0 Å². The van der Waals surface area contributed by atoms with E-state index < -0.39 is 0 Å². The normalized spacial score (nSPS) is 28.4. The van der Waals surface area contributed by atoms with Crippen molar-refractivity contribution >= 4 is 0 Å². The third kappa shape index (κ3) is 3.65. The zero-order valence-electron chi connectivity index (χ0n) is 9.13. The first kappa shape index (κ1) is 11.0. The quantitative estimate of drug-likeness (QED) is 0.723. The minimum Gasteiger partial charge on any atom is -0.330 e. The lowest BCUT2D eigenvalue weighted by Gasteiger charge is -2.25. The highest BCUT2D eigenvalue weighted by molar-refractivity contribution is 4.73. The molecule has 1 rings (SSSR count). The van der Waals surface area contributed by atoms with E-state index in [4.69, 9.17) is 5.73 Å². The van der Waals surface area contributed by atoms with Gasteiger partial charge >= 0.3 is 0 Å². The standard InChI is InChI=1S/C11H24N2/c1-10(6-7-12)11-5-3-4-8-13(2)9-11/h10-11H,3-9,12H2,1-2H3. The van der Waals surface area contributed by atoms with Crippen LogP contribution in [0, 0.1) is 11.8 Å². The maximum Gasteiger partial charge on any atom is 0.000916 e. The fourth-order valence-electron chi connectivity index (χ4n) is 2.33. The molecule has 2 atom stereocenters. The summed E-state index contributed by atoms with van der Waals surface area (Å²) in [6, 6.07) is 0. The number of likely N-dealkylation sites (tertiary alicyclic amines) is 1. The second-order valence-electron chi connectivity index (χ2n) is 4.57. The van der Waals surface area contributed by atoms with Crippen LogP contribution in [0.2, 0.25) is 0 Å². The van der Waals surface area contributed by atoms with Crippen molar-refractivity contribution in [2.75, 3.05) is 26.7 Å². The van der Waals surface area contributed by atoms with Gasteiger partial charge in [0.2, 0.25) is 0 Å². The van der Waals surface area contributed by atoms with Crippen LogP contribution < -0.4 is 5.73 Å². The van der Waals surface area contributed by atoms with Crippen molar-refractivity contribution < 1.29 is 0 Å². The van der Waals surface area contributed by atoms with Gasteiger partial charge in [-0.1, -0.05) is 13.3 Å². The summed E-state index contributed by atoms with van der Waals surface area (Å²) in [7, 11) is 2.24. The Balaban J connectivity index is 2.37. The number of hydrogen-bond donors (Lipinski definition) is 1. The predicted molar refractivity (Wildman–Crippen MR) is 57.7 cm³/mol. The topological polar surface area (TPSA) is 29.3 Å². The van der Waals surface area contributed by atoms with E-state index in [2.05, 4.69) is 18.9 Å². The van der Waals surface area contributed by atoms with E-state index in [0.29, 0.717) is 0 Å². The molecule has 2 nitrogen and oxygen atoms in total. The lowest BCUT2D eigenvalue weighted by Crippen LogP contribution is -2.28. The highest BCUT2D eigenvalue weighted by atomic mass is 15.1. The van der Waals surface area contributed by atoms with Gasteiger partial charge in [0.15, 0.2) is 0 Å².